The fraction of sp³-hybridized carbons (Fsp3) is 0.333. The summed E-state index contributed by atoms with van der Waals surface area (Å²) in [5.41, 5.74) is -2.79. The van der Waals surface area contributed by atoms with Gasteiger partial charge in [-0.25, -0.2) is 0 Å². The second-order valence-corrected chi connectivity index (χ2v) is 3.78. The smallest absolute Gasteiger partial charge is 0.375 e. The van der Waals surface area contributed by atoms with E-state index in [2.05, 4.69) is 6.58 Å². The van der Waals surface area contributed by atoms with Gasteiger partial charge in [-0.3, -0.25) is 0 Å². The van der Waals surface area contributed by atoms with E-state index in [0.29, 0.717) is 0 Å². The van der Waals surface area contributed by atoms with Crippen molar-refractivity contribution in [3.05, 3.63) is 35.0 Å². The molecular weight excluding hydrogens is 213 g/mol. The first-order chi connectivity index (χ1) is 6.42. The van der Waals surface area contributed by atoms with Gasteiger partial charge in [-0.2, -0.15) is 13.2 Å². The Bertz CT molecular complexity index is 304. The average Bonchev–Trinajstić information content (AvgIpc) is 2.54. The summed E-state index contributed by atoms with van der Waals surface area (Å²) in [6, 6.07) is 2.74. The van der Waals surface area contributed by atoms with Gasteiger partial charge in [-0.15, -0.1) is 17.9 Å². The summed E-state index contributed by atoms with van der Waals surface area (Å²) in [4.78, 5) is -0.107. The Hall–Kier alpha value is -0.810. The Labute approximate surface area is 83.5 Å². The molecule has 0 spiro atoms. The van der Waals surface area contributed by atoms with Crippen LogP contribution in [-0.2, 0) is 5.60 Å². The van der Waals surface area contributed by atoms with Crippen molar-refractivity contribution in [2.45, 2.75) is 18.2 Å². The second kappa shape index (κ2) is 3.74. The van der Waals surface area contributed by atoms with Crippen LogP contribution in [0.25, 0.3) is 0 Å². The zero-order valence-electron chi connectivity index (χ0n) is 7.21. The van der Waals surface area contributed by atoms with E-state index in [9.17, 15) is 18.3 Å². The van der Waals surface area contributed by atoms with Gasteiger partial charge in [0.15, 0.2) is 5.60 Å². The first-order valence-corrected chi connectivity index (χ1v) is 4.74. The maximum atomic E-state index is 12.6. The first kappa shape index (κ1) is 11.3. The Morgan fingerprint density at radius 2 is 2.14 bits per heavy atom. The average molecular weight is 222 g/mol. The van der Waals surface area contributed by atoms with Gasteiger partial charge >= 0.3 is 6.18 Å². The van der Waals surface area contributed by atoms with E-state index in [1.807, 2.05) is 0 Å². The molecule has 0 aliphatic heterocycles. The van der Waals surface area contributed by atoms with Crippen LogP contribution in [0.5, 0.6) is 0 Å². The maximum Gasteiger partial charge on any atom is 0.422 e. The molecule has 0 aliphatic carbocycles. The Kier molecular flexibility index (Phi) is 3.01. The van der Waals surface area contributed by atoms with Gasteiger partial charge in [0.25, 0.3) is 0 Å². The molecule has 1 aromatic heterocycles. The SMILES string of the molecule is C=CC[C@](O)(c1cccs1)C(F)(F)F. The molecule has 0 unspecified atom stereocenters. The number of hydrogen-bond donors (Lipinski definition) is 1. The molecule has 14 heavy (non-hydrogen) atoms. The number of halogens is 3. The molecule has 1 heterocycles. The predicted molar refractivity (Wildman–Crippen MR) is 49.1 cm³/mol. The van der Waals surface area contributed by atoms with Crippen LogP contribution in [-0.4, -0.2) is 11.3 Å². The van der Waals surface area contributed by atoms with Crippen LogP contribution in [0.1, 0.15) is 11.3 Å². The number of aliphatic hydroxyl groups is 1. The summed E-state index contributed by atoms with van der Waals surface area (Å²) in [5, 5.41) is 11.0. The van der Waals surface area contributed by atoms with Gasteiger partial charge in [0.05, 0.1) is 0 Å². The van der Waals surface area contributed by atoms with Crippen molar-refractivity contribution in [3.8, 4) is 0 Å². The van der Waals surface area contributed by atoms with Gasteiger partial charge in [0, 0.05) is 11.3 Å². The largest absolute Gasteiger partial charge is 0.422 e. The molecule has 0 aliphatic rings. The zero-order valence-corrected chi connectivity index (χ0v) is 8.03. The lowest BCUT2D eigenvalue weighted by atomic mass is 9.97. The van der Waals surface area contributed by atoms with E-state index >= 15 is 0 Å². The zero-order chi connectivity index (χ0) is 10.8. The Balaban J connectivity index is 3.11. The molecule has 0 amide bonds. The van der Waals surface area contributed by atoms with Crippen LogP contribution in [0.2, 0.25) is 0 Å². The third-order valence-corrected chi connectivity index (χ3v) is 2.86. The van der Waals surface area contributed by atoms with Crippen molar-refractivity contribution >= 4 is 11.3 Å². The van der Waals surface area contributed by atoms with Crippen molar-refractivity contribution in [3.63, 3.8) is 0 Å². The molecule has 1 rings (SSSR count). The van der Waals surface area contributed by atoms with Crippen molar-refractivity contribution in [2.24, 2.45) is 0 Å². The van der Waals surface area contributed by atoms with Gasteiger partial charge < -0.3 is 5.11 Å². The van der Waals surface area contributed by atoms with E-state index in [4.69, 9.17) is 0 Å². The summed E-state index contributed by atoms with van der Waals surface area (Å²) in [7, 11) is 0. The summed E-state index contributed by atoms with van der Waals surface area (Å²) in [5.74, 6) is 0. The van der Waals surface area contributed by atoms with Crippen molar-refractivity contribution < 1.29 is 18.3 Å². The van der Waals surface area contributed by atoms with Gasteiger partial charge in [-0.05, 0) is 11.4 Å². The second-order valence-electron chi connectivity index (χ2n) is 2.83. The highest BCUT2D eigenvalue weighted by Crippen LogP contribution is 2.43. The van der Waals surface area contributed by atoms with E-state index in [1.165, 1.54) is 17.5 Å². The van der Waals surface area contributed by atoms with Gasteiger partial charge in [0.2, 0.25) is 0 Å². The van der Waals surface area contributed by atoms with E-state index in [1.54, 1.807) is 0 Å². The highest BCUT2D eigenvalue weighted by molar-refractivity contribution is 7.10. The number of rotatable bonds is 3. The minimum absolute atomic E-state index is 0.107. The van der Waals surface area contributed by atoms with Crippen LogP contribution >= 0.6 is 11.3 Å². The molecule has 0 fully saturated rings. The number of hydrogen-bond acceptors (Lipinski definition) is 2. The highest BCUT2D eigenvalue weighted by atomic mass is 32.1. The molecule has 1 N–H and O–H groups in total. The fourth-order valence-corrected chi connectivity index (χ4v) is 1.93. The quantitative estimate of drug-likeness (QED) is 0.779. The van der Waals surface area contributed by atoms with Crippen molar-refractivity contribution in [1.82, 2.24) is 0 Å². The molecule has 5 heteroatoms. The summed E-state index contributed by atoms with van der Waals surface area (Å²) >= 11 is 0.879. The van der Waals surface area contributed by atoms with Crippen LogP contribution in [0, 0.1) is 0 Å². The summed E-state index contributed by atoms with van der Waals surface area (Å²) < 4.78 is 37.7. The molecule has 0 radical (unpaired) electrons. The maximum absolute atomic E-state index is 12.6. The molecule has 0 aromatic carbocycles. The molecule has 1 atom stereocenters. The number of thiophene rings is 1. The van der Waals surface area contributed by atoms with Gasteiger partial charge in [0.1, 0.15) is 0 Å². The lowest BCUT2D eigenvalue weighted by Crippen LogP contribution is -2.41. The lowest BCUT2D eigenvalue weighted by molar-refractivity contribution is -0.264. The van der Waals surface area contributed by atoms with Gasteiger partial charge in [-0.1, -0.05) is 12.1 Å². The molecule has 0 saturated carbocycles. The molecular formula is C9H9F3OS. The third kappa shape index (κ3) is 1.83. The van der Waals surface area contributed by atoms with Crippen molar-refractivity contribution in [2.75, 3.05) is 0 Å². The normalized spacial score (nSPS) is 16.3. The molecule has 78 valence electrons. The standard InChI is InChI=1S/C9H9F3OS/c1-2-5-8(13,9(10,11)12)7-4-3-6-14-7/h2-4,6,13H,1,5H2/t8-/m0/s1. The van der Waals surface area contributed by atoms with Crippen LogP contribution < -0.4 is 0 Å². The molecule has 1 nitrogen and oxygen atoms in total. The molecule has 0 saturated heterocycles. The van der Waals surface area contributed by atoms with Crippen LogP contribution in [0.3, 0.4) is 0 Å². The van der Waals surface area contributed by atoms with Crippen molar-refractivity contribution in [1.29, 1.82) is 0 Å². The topological polar surface area (TPSA) is 20.2 Å². The Morgan fingerprint density at radius 3 is 2.50 bits per heavy atom. The minimum atomic E-state index is -4.67. The first-order valence-electron chi connectivity index (χ1n) is 3.86. The van der Waals surface area contributed by atoms with E-state index in [-0.39, 0.29) is 4.88 Å². The summed E-state index contributed by atoms with van der Waals surface area (Å²) in [6.45, 7) is 3.21. The highest BCUT2D eigenvalue weighted by Gasteiger charge is 2.54. The number of alkyl halides is 3. The summed E-state index contributed by atoms with van der Waals surface area (Å²) in [6.07, 6.45) is -4.14. The van der Waals surface area contributed by atoms with E-state index in [0.717, 1.165) is 17.4 Å². The van der Waals surface area contributed by atoms with Crippen LogP contribution in [0.15, 0.2) is 30.2 Å². The predicted octanol–water partition coefficient (Wildman–Crippen LogP) is 3.07. The molecule has 0 bridgehead atoms. The monoisotopic (exact) mass is 222 g/mol. The third-order valence-electron chi connectivity index (χ3n) is 1.84. The minimum Gasteiger partial charge on any atom is -0.375 e. The Morgan fingerprint density at radius 1 is 1.50 bits per heavy atom. The lowest BCUT2D eigenvalue weighted by Gasteiger charge is -2.28. The van der Waals surface area contributed by atoms with Crippen LogP contribution in [0.4, 0.5) is 13.2 Å². The fourth-order valence-electron chi connectivity index (χ4n) is 1.08. The van der Waals surface area contributed by atoms with E-state index < -0.39 is 18.2 Å². The molecule has 1 aromatic rings.